The van der Waals surface area contributed by atoms with Crippen molar-refractivity contribution in [2.75, 3.05) is 13.1 Å². The Balaban J connectivity index is 0.00000140. The largest absolute Gasteiger partial charge is 0.323 e. The number of fused-ring (bicyclic) bond motifs is 3. The Hall–Kier alpha value is -2.01. The second-order valence-electron chi connectivity index (χ2n) is 6.66. The molecule has 0 radical (unpaired) electrons. The van der Waals surface area contributed by atoms with E-state index in [-0.39, 0.29) is 24.8 Å². The van der Waals surface area contributed by atoms with E-state index in [0.717, 1.165) is 36.5 Å². The molecule has 0 fully saturated rings. The number of benzene rings is 2. The lowest BCUT2D eigenvalue weighted by atomic mass is 10.0. The minimum Gasteiger partial charge on any atom is -0.323 e. The van der Waals surface area contributed by atoms with E-state index in [4.69, 9.17) is 4.98 Å². The van der Waals surface area contributed by atoms with E-state index in [1.807, 2.05) is 0 Å². The highest BCUT2D eigenvalue weighted by molar-refractivity contribution is 5.85. The topological polar surface area (TPSA) is 36.3 Å². The Morgan fingerprint density at radius 2 is 1.57 bits per heavy atom. The number of rotatable bonds is 6. The summed E-state index contributed by atoms with van der Waals surface area (Å²) in [7, 11) is 0. The van der Waals surface area contributed by atoms with E-state index in [9.17, 15) is 0 Å². The molecule has 0 aliphatic carbocycles. The van der Waals surface area contributed by atoms with Crippen molar-refractivity contribution in [3.63, 3.8) is 0 Å². The van der Waals surface area contributed by atoms with Crippen LogP contribution in [0.4, 0.5) is 0 Å². The molecule has 0 spiro atoms. The quantitative estimate of drug-likeness (QED) is 0.409. The van der Waals surface area contributed by atoms with Crippen LogP contribution in [0.5, 0.6) is 0 Å². The second-order valence-corrected chi connectivity index (χ2v) is 6.66. The number of aromatic nitrogens is 3. The maximum atomic E-state index is 5.02. The van der Waals surface area contributed by atoms with Crippen molar-refractivity contribution in [1.29, 1.82) is 0 Å². The van der Waals surface area contributed by atoms with Gasteiger partial charge in [-0.3, -0.25) is 9.30 Å². The van der Waals surface area contributed by atoms with Gasteiger partial charge in [-0.05, 0) is 31.6 Å². The van der Waals surface area contributed by atoms with Gasteiger partial charge in [0.2, 0.25) is 5.78 Å². The van der Waals surface area contributed by atoms with Gasteiger partial charge in [0, 0.05) is 5.56 Å². The van der Waals surface area contributed by atoms with Gasteiger partial charge in [-0.2, -0.15) is 0 Å². The van der Waals surface area contributed by atoms with Crippen LogP contribution in [0.1, 0.15) is 38.9 Å². The van der Waals surface area contributed by atoms with Crippen molar-refractivity contribution in [3.05, 3.63) is 60.3 Å². The zero-order valence-electron chi connectivity index (χ0n) is 16.6. The molecule has 0 aliphatic heterocycles. The molecule has 6 heteroatoms. The third-order valence-electron chi connectivity index (χ3n) is 5.31. The number of nitrogens with one attached hydrogen (secondary N) is 1. The van der Waals surface area contributed by atoms with Crippen molar-refractivity contribution < 1.29 is 0 Å². The summed E-state index contributed by atoms with van der Waals surface area (Å²) in [6.45, 7) is 8.80. The standard InChI is InChI=1S/C22H26N4.2ClH/c1-4-18(25(5-2)6-3)21-20(16-12-8-7-9-13-16)24-22-23-17-14-10-11-15-19(17)26(21)22;;/h7-15,18H,4-6H2,1-3H3,(H,23,24);2*1H. The van der Waals surface area contributed by atoms with Crippen LogP contribution < -0.4 is 0 Å². The first-order chi connectivity index (χ1) is 12.8. The number of hydrogen-bond donors (Lipinski definition) is 1. The molecule has 0 amide bonds. The number of para-hydroxylation sites is 2. The number of nitrogens with zero attached hydrogens (tertiary/aromatic N) is 3. The van der Waals surface area contributed by atoms with Crippen LogP contribution in [0.3, 0.4) is 0 Å². The van der Waals surface area contributed by atoms with Gasteiger partial charge < -0.3 is 4.98 Å². The Bertz CT molecular complexity index is 1020. The van der Waals surface area contributed by atoms with Crippen LogP contribution >= 0.6 is 24.8 Å². The zero-order chi connectivity index (χ0) is 18.1. The molecule has 4 rings (SSSR count). The van der Waals surface area contributed by atoms with Crippen LogP contribution in [0.25, 0.3) is 28.1 Å². The van der Waals surface area contributed by atoms with Gasteiger partial charge in [0.25, 0.3) is 0 Å². The van der Waals surface area contributed by atoms with Gasteiger partial charge >= 0.3 is 0 Å². The molecule has 0 saturated heterocycles. The SMILES string of the molecule is CCC(c1c(-c2ccccc2)nc2[nH]c3ccccc3n12)N(CC)CC.Cl.Cl. The summed E-state index contributed by atoms with van der Waals surface area (Å²) in [5, 5.41) is 0. The lowest BCUT2D eigenvalue weighted by molar-refractivity contribution is 0.209. The number of hydrogen-bond acceptors (Lipinski definition) is 2. The first-order valence-electron chi connectivity index (χ1n) is 9.56. The maximum absolute atomic E-state index is 5.02. The third-order valence-corrected chi connectivity index (χ3v) is 5.31. The van der Waals surface area contributed by atoms with Gasteiger partial charge in [0.1, 0.15) is 0 Å². The predicted octanol–water partition coefficient (Wildman–Crippen LogP) is 6.12. The molecule has 0 saturated carbocycles. The van der Waals surface area contributed by atoms with Crippen molar-refractivity contribution in [3.8, 4) is 11.3 Å². The average Bonchev–Trinajstić information content (AvgIpc) is 3.23. The molecule has 1 N–H and O–H groups in total. The molecule has 2 heterocycles. The number of halogens is 2. The van der Waals surface area contributed by atoms with Crippen molar-refractivity contribution >= 4 is 41.6 Å². The van der Waals surface area contributed by atoms with Crippen LogP contribution in [-0.4, -0.2) is 32.4 Å². The van der Waals surface area contributed by atoms with Crippen LogP contribution in [-0.2, 0) is 0 Å². The summed E-state index contributed by atoms with van der Waals surface area (Å²) >= 11 is 0. The van der Waals surface area contributed by atoms with E-state index in [1.165, 1.54) is 16.8 Å². The molecule has 2 aromatic heterocycles. The van der Waals surface area contributed by atoms with Crippen LogP contribution in [0.2, 0.25) is 0 Å². The lowest BCUT2D eigenvalue weighted by Crippen LogP contribution is -2.29. The van der Waals surface area contributed by atoms with E-state index in [0.29, 0.717) is 6.04 Å². The predicted molar refractivity (Wildman–Crippen MR) is 123 cm³/mol. The maximum Gasteiger partial charge on any atom is 0.213 e. The summed E-state index contributed by atoms with van der Waals surface area (Å²) in [6.07, 6.45) is 1.05. The van der Waals surface area contributed by atoms with Gasteiger partial charge in [0.15, 0.2) is 0 Å². The fraction of sp³-hybridized carbons (Fsp3) is 0.318. The molecular weight excluding hydrogens is 391 g/mol. The molecule has 0 bridgehead atoms. The summed E-state index contributed by atoms with van der Waals surface area (Å²) in [5.41, 5.74) is 5.87. The van der Waals surface area contributed by atoms with Crippen LogP contribution in [0.15, 0.2) is 54.6 Å². The minimum absolute atomic E-state index is 0. The summed E-state index contributed by atoms with van der Waals surface area (Å²) < 4.78 is 2.32. The highest BCUT2D eigenvalue weighted by atomic mass is 35.5. The highest BCUT2D eigenvalue weighted by Gasteiger charge is 2.26. The normalized spacial score (nSPS) is 12.1. The molecule has 4 aromatic rings. The van der Waals surface area contributed by atoms with Gasteiger partial charge in [-0.1, -0.05) is 63.2 Å². The smallest absolute Gasteiger partial charge is 0.213 e. The molecule has 2 aromatic carbocycles. The van der Waals surface area contributed by atoms with Crippen molar-refractivity contribution in [2.45, 2.75) is 33.2 Å². The van der Waals surface area contributed by atoms with Crippen molar-refractivity contribution in [1.82, 2.24) is 19.3 Å². The minimum atomic E-state index is 0. The molecule has 150 valence electrons. The molecule has 28 heavy (non-hydrogen) atoms. The Morgan fingerprint density at radius 3 is 2.21 bits per heavy atom. The number of aromatic amines is 1. The highest BCUT2D eigenvalue weighted by Crippen LogP contribution is 2.35. The zero-order valence-corrected chi connectivity index (χ0v) is 18.2. The monoisotopic (exact) mass is 418 g/mol. The van der Waals surface area contributed by atoms with E-state index < -0.39 is 0 Å². The molecule has 4 nitrogen and oxygen atoms in total. The number of H-pyrrole nitrogens is 1. The third kappa shape index (κ3) is 3.64. The Labute approximate surface area is 178 Å². The molecule has 1 unspecified atom stereocenters. The summed E-state index contributed by atoms with van der Waals surface area (Å²) in [4.78, 5) is 11.0. The summed E-state index contributed by atoms with van der Waals surface area (Å²) in [5.74, 6) is 0.922. The average molecular weight is 419 g/mol. The Kier molecular flexibility index (Phi) is 7.53. The van der Waals surface area contributed by atoms with Gasteiger partial charge in [-0.25, -0.2) is 4.98 Å². The number of imidazole rings is 2. The molecule has 0 aliphatic rings. The first-order valence-corrected chi connectivity index (χ1v) is 9.56. The molecular formula is C22H28Cl2N4. The summed E-state index contributed by atoms with van der Waals surface area (Å²) in [6, 6.07) is 19.3. The first kappa shape index (κ1) is 22.3. The van der Waals surface area contributed by atoms with E-state index >= 15 is 0 Å². The van der Waals surface area contributed by atoms with E-state index in [2.05, 4.69) is 89.7 Å². The fourth-order valence-electron chi connectivity index (χ4n) is 4.06. The molecule has 1 atom stereocenters. The van der Waals surface area contributed by atoms with E-state index in [1.54, 1.807) is 0 Å². The second kappa shape index (κ2) is 9.46. The van der Waals surface area contributed by atoms with Gasteiger partial charge in [0.05, 0.1) is 28.5 Å². The van der Waals surface area contributed by atoms with Crippen molar-refractivity contribution in [2.24, 2.45) is 0 Å². The van der Waals surface area contributed by atoms with Crippen LogP contribution in [0, 0.1) is 0 Å². The fourth-order valence-corrected chi connectivity index (χ4v) is 4.06. The van der Waals surface area contributed by atoms with Gasteiger partial charge in [-0.15, -0.1) is 24.8 Å². The lowest BCUT2D eigenvalue weighted by Gasteiger charge is -2.29. The Morgan fingerprint density at radius 1 is 0.929 bits per heavy atom.